The average Bonchev–Trinajstić information content (AvgIpc) is 2.18. The number of ketones is 1. The van der Waals surface area contributed by atoms with Crippen molar-refractivity contribution in [2.45, 2.75) is 19.8 Å². The van der Waals surface area contributed by atoms with Crippen LogP contribution in [0.5, 0.6) is 5.75 Å². The van der Waals surface area contributed by atoms with Gasteiger partial charge < -0.3 is 4.74 Å². The Bertz CT molecular complexity index is 334. The molecule has 76 valence electrons. The Morgan fingerprint density at radius 1 is 1.50 bits per heavy atom. The van der Waals surface area contributed by atoms with E-state index in [1.165, 1.54) is 0 Å². The minimum Gasteiger partial charge on any atom is -0.496 e. The van der Waals surface area contributed by atoms with E-state index in [4.69, 9.17) is 4.74 Å². The maximum atomic E-state index is 11.7. The quantitative estimate of drug-likeness (QED) is 0.630. The van der Waals surface area contributed by atoms with Crippen LogP contribution in [-0.4, -0.2) is 12.9 Å². The molecule has 1 aromatic rings. The standard InChI is InChI=1S/C11H13IO2/c1-3-5-9(13)8-6-4-7-10(14-2)11(8)12/h4,6-7H,3,5H2,1-2H3. The molecule has 0 aromatic heterocycles. The van der Waals surface area contributed by atoms with Crippen molar-refractivity contribution in [3.05, 3.63) is 27.3 Å². The monoisotopic (exact) mass is 304 g/mol. The van der Waals surface area contributed by atoms with Gasteiger partial charge in [-0.2, -0.15) is 0 Å². The van der Waals surface area contributed by atoms with Crippen LogP contribution in [0.4, 0.5) is 0 Å². The molecule has 0 saturated heterocycles. The van der Waals surface area contributed by atoms with E-state index in [9.17, 15) is 4.79 Å². The number of Topliss-reactive ketones (excluding diaryl/α,β-unsaturated/α-hetero) is 1. The molecule has 0 heterocycles. The first-order chi connectivity index (χ1) is 6.70. The summed E-state index contributed by atoms with van der Waals surface area (Å²) >= 11 is 2.15. The smallest absolute Gasteiger partial charge is 0.164 e. The number of methoxy groups -OCH3 is 1. The molecule has 1 rings (SSSR count). The van der Waals surface area contributed by atoms with Crippen LogP contribution in [0, 0.1) is 3.57 Å². The summed E-state index contributed by atoms with van der Waals surface area (Å²) in [7, 11) is 1.62. The van der Waals surface area contributed by atoms with Crippen molar-refractivity contribution in [3.63, 3.8) is 0 Å². The summed E-state index contributed by atoms with van der Waals surface area (Å²) in [6, 6.07) is 5.57. The normalized spacial score (nSPS) is 9.93. The molecule has 0 radical (unpaired) electrons. The zero-order chi connectivity index (χ0) is 10.6. The Labute approximate surface area is 97.8 Å². The van der Waals surface area contributed by atoms with E-state index >= 15 is 0 Å². The van der Waals surface area contributed by atoms with Gasteiger partial charge in [0.25, 0.3) is 0 Å². The predicted molar refractivity (Wildman–Crippen MR) is 64.9 cm³/mol. The van der Waals surface area contributed by atoms with Gasteiger partial charge in [-0.15, -0.1) is 0 Å². The van der Waals surface area contributed by atoms with Gasteiger partial charge in [-0.3, -0.25) is 4.79 Å². The van der Waals surface area contributed by atoms with Crippen LogP contribution in [-0.2, 0) is 0 Å². The van der Waals surface area contributed by atoms with Crippen LogP contribution in [0.1, 0.15) is 30.1 Å². The minimum absolute atomic E-state index is 0.191. The van der Waals surface area contributed by atoms with Gasteiger partial charge >= 0.3 is 0 Å². The maximum Gasteiger partial charge on any atom is 0.164 e. The van der Waals surface area contributed by atoms with E-state index in [-0.39, 0.29) is 5.78 Å². The lowest BCUT2D eigenvalue weighted by atomic mass is 10.1. The largest absolute Gasteiger partial charge is 0.496 e. The summed E-state index contributed by atoms with van der Waals surface area (Å²) in [6.07, 6.45) is 1.48. The molecule has 2 nitrogen and oxygen atoms in total. The number of rotatable bonds is 4. The summed E-state index contributed by atoms with van der Waals surface area (Å²) in [5.74, 6) is 0.961. The van der Waals surface area contributed by atoms with E-state index in [1.54, 1.807) is 7.11 Å². The molecule has 0 N–H and O–H groups in total. The average molecular weight is 304 g/mol. The highest BCUT2D eigenvalue weighted by Crippen LogP contribution is 2.25. The maximum absolute atomic E-state index is 11.7. The van der Waals surface area contributed by atoms with E-state index in [1.807, 2.05) is 25.1 Å². The summed E-state index contributed by atoms with van der Waals surface area (Å²) in [5, 5.41) is 0. The highest BCUT2D eigenvalue weighted by atomic mass is 127. The molecule has 0 fully saturated rings. The molecule has 0 aliphatic heterocycles. The van der Waals surface area contributed by atoms with Crippen LogP contribution >= 0.6 is 22.6 Å². The van der Waals surface area contributed by atoms with E-state index < -0.39 is 0 Å². The van der Waals surface area contributed by atoms with Crippen LogP contribution in [0.25, 0.3) is 0 Å². The lowest BCUT2D eigenvalue weighted by Crippen LogP contribution is -2.02. The van der Waals surface area contributed by atoms with Gasteiger partial charge in [0, 0.05) is 12.0 Å². The first-order valence-electron chi connectivity index (χ1n) is 4.56. The molecule has 0 aliphatic carbocycles. The molecule has 0 aliphatic rings. The van der Waals surface area contributed by atoms with Gasteiger partial charge in [0.2, 0.25) is 0 Å². The fourth-order valence-corrected chi connectivity index (χ4v) is 2.13. The molecule has 3 heteroatoms. The van der Waals surface area contributed by atoms with E-state index in [0.29, 0.717) is 6.42 Å². The number of hydrogen-bond donors (Lipinski definition) is 0. The molecular formula is C11H13IO2. The van der Waals surface area contributed by atoms with Crippen molar-refractivity contribution in [1.82, 2.24) is 0 Å². The summed E-state index contributed by atoms with van der Waals surface area (Å²) in [4.78, 5) is 11.7. The van der Waals surface area contributed by atoms with Crippen molar-refractivity contribution in [3.8, 4) is 5.75 Å². The molecule has 0 unspecified atom stereocenters. The molecule has 0 atom stereocenters. The predicted octanol–water partition coefficient (Wildman–Crippen LogP) is 3.28. The fourth-order valence-electron chi connectivity index (χ4n) is 1.25. The number of carbonyl (C=O) groups excluding carboxylic acids is 1. The van der Waals surface area contributed by atoms with Gasteiger partial charge in [-0.05, 0) is 35.1 Å². The second-order valence-corrected chi connectivity index (χ2v) is 4.07. The summed E-state index contributed by atoms with van der Waals surface area (Å²) in [5.41, 5.74) is 0.770. The van der Waals surface area contributed by atoms with Gasteiger partial charge in [-0.25, -0.2) is 0 Å². The molecule has 0 bridgehead atoms. The third-order valence-electron chi connectivity index (χ3n) is 1.96. The van der Waals surface area contributed by atoms with Crippen molar-refractivity contribution in [2.75, 3.05) is 7.11 Å². The lowest BCUT2D eigenvalue weighted by molar-refractivity contribution is 0.0980. The third-order valence-corrected chi connectivity index (χ3v) is 3.07. The Balaban J connectivity index is 3.03. The van der Waals surface area contributed by atoms with E-state index in [2.05, 4.69) is 22.6 Å². The van der Waals surface area contributed by atoms with Crippen molar-refractivity contribution in [2.24, 2.45) is 0 Å². The SMILES string of the molecule is CCCC(=O)c1cccc(OC)c1I. The van der Waals surface area contributed by atoms with Crippen molar-refractivity contribution < 1.29 is 9.53 Å². The third kappa shape index (κ3) is 2.47. The topological polar surface area (TPSA) is 26.3 Å². The zero-order valence-corrected chi connectivity index (χ0v) is 10.5. The minimum atomic E-state index is 0.191. The number of halogens is 1. The molecule has 14 heavy (non-hydrogen) atoms. The second-order valence-electron chi connectivity index (χ2n) is 2.99. The highest BCUT2D eigenvalue weighted by molar-refractivity contribution is 14.1. The zero-order valence-electron chi connectivity index (χ0n) is 8.34. The van der Waals surface area contributed by atoms with Gasteiger partial charge in [0.05, 0.1) is 10.7 Å². The first-order valence-corrected chi connectivity index (χ1v) is 5.64. The molecule has 0 amide bonds. The number of hydrogen-bond acceptors (Lipinski definition) is 2. The highest BCUT2D eigenvalue weighted by Gasteiger charge is 2.11. The number of carbonyl (C=O) groups is 1. The van der Waals surface area contributed by atoms with E-state index in [0.717, 1.165) is 21.3 Å². The molecule has 0 spiro atoms. The number of ether oxygens (including phenoxy) is 1. The Morgan fingerprint density at radius 2 is 2.21 bits per heavy atom. The van der Waals surface area contributed by atoms with Crippen LogP contribution in [0.2, 0.25) is 0 Å². The molecule has 0 saturated carbocycles. The first kappa shape index (κ1) is 11.5. The van der Waals surface area contributed by atoms with Crippen LogP contribution < -0.4 is 4.74 Å². The van der Waals surface area contributed by atoms with Gasteiger partial charge in [-0.1, -0.05) is 19.1 Å². The lowest BCUT2D eigenvalue weighted by Gasteiger charge is -2.07. The van der Waals surface area contributed by atoms with Crippen molar-refractivity contribution >= 4 is 28.4 Å². The van der Waals surface area contributed by atoms with Crippen LogP contribution in [0.3, 0.4) is 0 Å². The van der Waals surface area contributed by atoms with Gasteiger partial charge in [0.15, 0.2) is 5.78 Å². The van der Waals surface area contributed by atoms with Gasteiger partial charge in [0.1, 0.15) is 5.75 Å². The Morgan fingerprint density at radius 3 is 2.79 bits per heavy atom. The molecular weight excluding hydrogens is 291 g/mol. The molecule has 1 aromatic carbocycles. The Kier molecular flexibility index (Phi) is 4.38. The summed E-state index contributed by atoms with van der Waals surface area (Å²) < 4.78 is 6.06. The number of benzene rings is 1. The fraction of sp³-hybridized carbons (Fsp3) is 0.364. The second kappa shape index (κ2) is 5.34. The van der Waals surface area contributed by atoms with Crippen molar-refractivity contribution in [1.29, 1.82) is 0 Å². The summed E-state index contributed by atoms with van der Waals surface area (Å²) in [6.45, 7) is 2.00. The Hall–Kier alpha value is -0.580. The van der Waals surface area contributed by atoms with Crippen LogP contribution in [0.15, 0.2) is 18.2 Å².